The number of amides is 1. The molecule has 0 spiro atoms. The molecule has 114 valence electrons. The standard InChI is InChI=1S/C14H14N4O3S/c1-3-9-15-22(20,21)12-6-4-11(5-7-12)14(19)16-13-8-10-18(2)17-13/h1,4-8,10,15H,9H2,2H3,(H,16,17,19). The highest BCUT2D eigenvalue weighted by molar-refractivity contribution is 7.89. The smallest absolute Gasteiger partial charge is 0.256 e. The van der Waals surface area contributed by atoms with Crippen LogP contribution in [0.2, 0.25) is 0 Å². The number of nitrogens with one attached hydrogen (secondary N) is 2. The molecule has 8 heteroatoms. The van der Waals surface area contributed by atoms with E-state index in [2.05, 4.69) is 21.1 Å². The van der Waals surface area contributed by atoms with Crippen LogP contribution in [0.15, 0.2) is 41.4 Å². The zero-order valence-electron chi connectivity index (χ0n) is 11.8. The number of aromatic nitrogens is 2. The number of terminal acetylenes is 1. The molecule has 1 aromatic carbocycles. The molecular weight excluding hydrogens is 304 g/mol. The van der Waals surface area contributed by atoms with Crippen LogP contribution in [-0.4, -0.2) is 30.7 Å². The maximum Gasteiger partial charge on any atom is 0.256 e. The highest BCUT2D eigenvalue weighted by Gasteiger charge is 2.14. The van der Waals surface area contributed by atoms with Gasteiger partial charge in [-0.05, 0) is 24.3 Å². The first kappa shape index (κ1) is 15.8. The lowest BCUT2D eigenvalue weighted by molar-refractivity contribution is 0.102. The minimum Gasteiger partial charge on any atom is -0.305 e. The van der Waals surface area contributed by atoms with E-state index < -0.39 is 10.0 Å². The normalized spacial score (nSPS) is 10.9. The van der Waals surface area contributed by atoms with Gasteiger partial charge in [0.2, 0.25) is 10.0 Å². The topological polar surface area (TPSA) is 93.1 Å². The molecule has 2 aromatic rings. The van der Waals surface area contributed by atoms with Gasteiger partial charge in [-0.1, -0.05) is 5.92 Å². The van der Waals surface area contributed by atoms with Gasteiger partial charge in [0.1, 0.15) is 0 Å². The van der Waals surface area contributed by atoms with Crippen molar-refractivity contribution >= 4 is 21.7 Å². The Balaban J connectivity index is 2.11. The molecule has 22 heavy (non-hydrogen) atoms. The molecule has 2 rings (SSSR count). The molecule has 0 fully saturated rings. The van der Waals surface area contributed by atoms with Crippen molar-refractivity contribution in [2.24, 2.45) is 7.05 Å². The fraction of sp³-hybridized carbons (Fsp3) is 0.143. The molecule has 0 aliphatic carbocycles. The van der Waals surface area contributed by atoms with Crippen molar-refractivity contribution < 1.29 is 13.2 Å². The Hall–Kier alpha value is -2.63. The van der Waals surface area contributed by atoms with E-state index >= 15 is 0 Å². The molecule has 0 bridgehead atoms. The number of hydrogen-bond donors (Lipinski definition) is 2. The quantitative estimate of drug-likeness (QED) is 0.789. The number of sulfonamides is 1. The third-order valence-corrected chi connectivity index (χ3v) is 4.16. The van der Waals surface area contributed by atoms with Crippen LogP contribution >= 0.6 is 0 Å². The number of anilines is 1. The second kappa shape index (κ2) is 6.43. The molecular formula is C14H14N4O3S. The molecule has 0 atom stereocenters. The van der Waals surface area contributed by atoms with Gasteiger partial charge < -0.3 is 5.32 Å². The molecule has 1 aromatic heterocycles. The van der Waals surface area contributed by atoms with Crippen LogP contribution in [0.4, 0.5) is 5.82 Å². The Kier molecular flexibility index (Phi) is 4.60. The second-order valence-electron chi connectivity index (χ2n) is 4.38. The lowest BCUT2D eigenvalue weighted by atomic mass is 10.2. The van der Waals surface area contributed by atoms with Crippen LogP contribution in [0.1, 0.15) is 10.4 Å². The molecule has 1 heterocycles. The Bertz CT molecular complexity index is 817. The zero-order valence-corrected chi connectivity index (χ0v) is 12.6. The summed E-state index contributed by atoms with van der Waals surface area (Å²) in [6, 6.07) is 7.17. The summed E-state index contributed by atoms with van der Waals surface area (Å²) in [5, 5.41) is 6.64. The van der Waals surface area contributed by atoms with Crippen LogP contribution in [0, 0.1) is 12.3 Å². The fourth-order valence-electron chi connectivity index (χ4n) is 1.68. The van der Waals surface area contributed by atoms with Crippen LogP contribution in [0.25, 0.3) is 0 Å². The molecule has 0 unspecified atom stereocenters. The summed E-state index contributed by atoms with van der Waals surface area (Å²) in [5.74, 6) is 2.23. The van der Waals surface area contributed by atoms with E-state index in [0.717, 1.165) is 0 Å². The summed E-state index contributed by atoms with van der Waals surface area (Å²) in [5.41, 5.74) is 0.321. The Morgan fingerprint density at radius 2 is 2.00 bits per heavy atom. The van der Waals surface area contributed by atoms with Crippen molar-refractivity contribution in [2.75, 3.05) is 11.9 Å². The predicted molar refractivity (Wildman–Crippen MR) is 81.6 cm³/mol. The van der Waals surface area contributed by atoms with Gasteiger partial charge >= 0.3 is 0 Å². The van der Waals surface area contributed by atoms with Crippen LogP contribution in [0.5, 0.6) is 0 Å². The summed E-state index contributed by atoms with van der Waals surface area (Å²) in [7, 11) is -1.93. The van der Waals surface area contributed by atoms with Crippen molar-refractivity contribution in [2.45, 2.75) is 4.90 Å². The summed E-state index contributed by atoms with van der Waals surface area (Å²) < 4.78 is 27.5. The number of aryl methyl sites for hydroxylation is 1. The molecule has 2 N–H and O–H groups in total. The van der Waals surface area contributed by atoms with E-state index in [1.807, 2.05) is 0 Å². The first-order chi connectivity index (χ1) is 10.4. The van der Waals surface area contributed by atoms with Crippen LogP contribution in [-0.2, 0) is 17.1 Å². The van der Waals surface area contributed by atoms with Crippen molar-refractivity contribution in [1.82, 2.24) is 14.5 Å². The molecule has 0 saturated heterocycles. The summed E-state index contributed by atoms with van der Waals surface area (Å²) in [6.07, 6.45) is 6.71. The average Bonchev–Trinajstić information content (AvgIpc) is 2.90. The van der Waals surface area contributed by atoms with Gasteiger partial charge in [0.15, 0.2) is 5.82 Å². The maximum atomic E-state index is 12.0. The summed E-state index contributed by atoms with van der Waals surface area (Å²) >= 11 is 0. The first-order valence-electron chi connectivity index (χ1n) is 6.26. The highest BCUT2D eigenvalue weighted by atomic mass is 32.2. The van der Waals surface area contributed by atoms with Gasteiger partial charge in [-0.15, -0.1) is 6.42 Å². The van der Waals surface area contributed by atoms with E-state index in [4.69, 9.17) is 6.42 Å². The molecule has 0 aliphatic heterocycles. The Morgan fingerprint density at radius 3 is 2.55 bits per heavy atom. The monoisotopic (exact) mass is 318 g/mol. The third-order valence-electron chi connectivity index (χ3n) is 2.75. The lowest BCUT2D eigenvalue weighted by Gasteiger charge is -2.06. The number of rotatable bonds is 5. The fourth-order valence-corrected chi connectivity index (χ4v) is 2.61. The predicted octanol–water partition coefficient (Wildman–Crippen LogP) is 0.584. The second-order valence-corrected chi connectivity index (χ2v) is 6.15. The number of benzene rings is 1. The van der Waals surface area contributed by atoms with Gasteiger partial charge in [-0.3, -0.25) is 9.48 Å². The number of carbonyl (C=O) groups is 1. The first-order valence-corrected chi connectivity index (χ1v) is 7.75. The van der Waals surface area contributed by atoms with Gasteiger partial charge in [0.05, 0.1) is 11.4 Å². The Morgan fingerprint density at radius 1 is 1.32 bits per heavy atom. The number of carbonyl (C=O) groups excluding carboxylic acids is 1. The SMILES string of the molecule is C#CCNS(=O)(=O)c1ccc(C(=O)Nc2ccn(C)n2)cc1. The molecule has 1 amide bonds. The zero-order chi connectivity index (χ0) is 16.2. The molecule has 7 nitrogen and oxygen atoms in total. The van der Waals surface area contributed by atoms with E-state index in [1.54, 1.807) is 24.0 Å². The van der Waals surface area contributed by atoms with E-state index in [9.17, 15) is 13.2 Å². The van der Waals surface area contributed by atoms with Crippen LogP contribution in [0.3, 0.4) is 0 Å². The largest absolute Gasteiger partial charge is 0.305 e. The summed E-state index contributed by atoms with van der Waals surface area (Å²) in [4.78, 5) is 12.0. The van der Waals surface area contributed by atoms with E-state index in [0.29, 0.717) is 11.4 Å². The number of hydrogen-bond acceptors (Lipinski definition) is 4. The van der Waals surface area contributed by atoms with E-state index in [-0.39, 0.29) is 17.3 Å². The van der Waals surface area contributed by atoms with Crippen LogP contribution < -0.4 is 10.0 Å². The minimum atomic E-state index is -3.66. The lowest BCUT2D eigenvalue weighted by Crippen LogP contribution is -2.24. The van der Waals surface area contributed by atoms with Gasteiger partial charge in [-0.25, -0.2) is 8.42 Å². The van der Waals surface area contributed by atoms with Crippen molar-refractivity contribution in [1.29, 1.82) is 0 Å². The average molecular weight is 318 g/mol. The minimum absolute atomic E-state index is 0.0390. The van der Waals surface area contributed by atoms with E-state index in [1.165, 1.54) is 24.3 Å². The molecule has 0 aliphatic rings. The third kappa shape index (κ3) is 3.72. The van der Waals surface area contributed by atoms with Crippen molar-refractivity contribution in [3.63, 3.8) is 0 Å². The maximum absolute atomic E-state index is 12.0. The van der Waals surface area contributed by atoms with Crippen molar-refractivity contribution in [3.8, 4) is 12.3 Å². The Labute approximate surface area is 128 Å². The summed E-state index contributed by atoms with van der Waals surface area (Å²) in [6.45, 7) is -0.0930. The van der Waals surface area contributed by atoms with Gasteiger partial charge in [-0.2, -0.15) is 9.82 Å². The van der Waals surface area contributed by atoms with Gasteiger partial charge in [0.25, 0.3) is 5.91 Å². The molecule has 0 radical (unpaired) electrons. The highest BCUT2D eigenvalue weighted by Crippen LogP contribution is 2.12. The van der Waals surface area contributed by atoms with Crippen molar-refractivity contribution in [3.05, 3.63) is 42.1 Å². The van der Waals surface area contributed by atoms with Gasteiger partial charge in [0, 0.05) is 24.9 Å². The molecule has 0 saturated carbocycles. The number of nitrogens with zero attached hydrogens (tertiary/aromatic N) is 2.